The van der Waals surface area contributed by atoms with Gasteiger partial charge in [0.2, 0.25) is 0 Å². The lowest BCUT2D eigenvalue weighted by atomic mass is 9.76. The van der Waals surface area contributed by atoms with Gasteiger partial charge in [-0.3, -0.25) is 4.79 Å². The van der Waals surface area contributed by atoms with Crippen LogP contribution in [0.4, 0.5) is 0 Å². The van der Waals surface area contributed by atoms with Crippen molar-refractivity contribution >= 4 is 5.78 Å². The number of ketones is 1. The Morgan fingerprint density at radius 2 is 1.83 bits per heavy atom. The number of benzene rings is 1. The van der Waals surface area contributed by atoms with Crippen molar-refractivity contribution in [2.75, 3.05) is 0 Å². The van der Waals surface area contributed by atoms with Crippen molar-refractivity contribution in [1.29, 1.82) is 0 Å². The zero-order valence-corrected chi connectivity index (χ0v) is 11.6. The van der Waals surface area contributed by atoms with E-state index in [4.69, 9.17) is 0 Å². The summed E-state index contributed by atoms with van der Waals surface area (Å²) in [6.45, 7) is 4.37. The average Bonchev–Trinajstić information content (AvgIpc) is 2.40. The Morgan fingerprint density at radius 3 is 2.39 bits per heavy atom. The van der Waals surface area contributed by atoms with Crippen LogP contribution in [0.2, 0.25) is 0 Å². The third-order valence-electron chi connectivity index (χ3n) is 4.23. The molecular formula is C17H24O. The molecule has 1 aliphatic rings. The van der Waals surface area contributed by atoms with Crippen molar-refractivity contribution in [3.63, 3.8) is 0 Å². The minimum atomic E-state index is 0.170. The van der Waals surface area contributed by atoms with E-state index >= 15 is 0 Å². The molecule has 2 rings (SSSR count). The van der Waals surface area contributed by atoms with E-state index < -0.39 is 0 Å². The van der Waals surface area contributed by atoms with Gasteiger partial charge in [-0.1, -0.05) is 51.0 Å². The summed E-state index contributed by atoms with van der Waals surface area (Å²) >= 11 is 0. The molecule has 0 spiro atoms. The fraction of sp³-hybridized carbons (Fsp3) is 0.588. The maximum atomic E-state index is 12.2. The molecule has 1 heteroatoms. The molecule has 0 saturated heterocycles. The second-order valence-electron chi connectivity index (χ2n) is 5.55. The number of rotatable bonds is 4. The molecule has 0 N–H and O–H groups in total. The zero-order chi connectivity index (χ0) is 13.0. The van der Waals surface area contributed by atoms with Gasteiger partial charge in [0.1, 0.15) is 5.78 Å². The quantitative estimate of drug-likeness (QED) is 0.762. The smallest absolute Gasteiger partial charge is 0.140 e. The molecule has 0 aliphatic heterocycles. The Hall–Kier alpha value is -1.11. The summed E-state index contributed by atoms with van der Waals surface area (Å²) in [5, 5.41) is 0. The lowest BCUT2D eigenvalue weighted by Crippen LogP contribution is -2.23. The molecular weight excluding hydrogens is 220 g/mol. The largest absolute Gasteiger partial charge is 0.299 e. The first kappa shape index (κ1) is 13.3. The van der Waals surface area contributed by atoms with Gasteiger partial charge >= 0.3 is 0 Å². The molecule has 0 radical (unpaired) electrons. The van der Waals surface area contributed by atoms with Crippen molar-refractivity contribution in [2.24, 2.45) is 5.92 Å². The Balaban J connectivity index is 2.03. The highest BCUT2D eigenvalue weighted by molar-refractivity contribution is 5.86. The topological polar surface area (TPSA) is 17.1 Å². The summed E-state index contributed by atoms with van der Waals surface area (Å²) in [5.74, 6) is 1.28. The molecule has 1 aromatic rings. The van der Waals surface area contributed by atoms with Crippen LogP contribution in [0.5, 0.6) is 0 Å². The van der Waals surface area contributed by atoms with Gasteiger partial charge in [0.25, 0.3) is 0 Å². The van der Waals surface area contributed by atoms with Crippen molar-refractivity contribution < 1.29 is 4.79 Å². The van der Waals surface area contributed by atoms with Crippen LogP contribution in [-0.4, -0.2) is 5.78 Å². The molecule has 0 bridgehead atoms. The van der Waals surface area contributed by atoms with E-state index in [1.165, 1.54) is 30.4 Å². The van der Waals surface area contributed by atoms with E-state index in [0.29, 0.717) is 11.7 Å². The molecule has 0 heterocycles. The summed E-state index contributed by atoms with van der Waals surface area (Å²) in [7, 11) is 0. The molecule has 1 saturated carbocycles. The molecule has 18 heavy (non-hydrogen) atoms. The minimum absolute atomic E-state index is 0.170. The van der Waals surface area contributed by atoms with Crippen LogP contribution in [0.25, 0.3) is 0 Å². The number of hydrogen-bond donors (Lipinski definition) is 0. The van der Waals surface area contributed by atoms with Crippen LogP contribution in [0, 0.1) is 5.92 Å². The predicted octanol–water partition coefficient (Wildman–Crippen LogP) is 4.50. The summed E-state index contributed by atoms with van der Waals surface area (Å²) in [6, 6.07) is 8.64. The van der Waals surface area contributed by atoms with E-state index in [9.17, 15) is 4.79 Å². The van der Waals surface area contributed by atoms with Crippen LogP contribution in [0.1, 0.15) is 63.0 Å². The van der Waals surface area contributed by atoms with Gasteiger partial charge in [-0.05, 0) is 36.3 Å². The van der Waals surface area contributed by atoms with Gasteiger partial charge < -0.3 is 0 Å². The van der Waals surface area contributed by atoms with Gasteiger partial charge in [0.05, 0.1) is 0 Å². The fourth-order valence-corrected chi connectivity index (χ4v) is 3.09. The first-order valence-corrected chi connectivity index (χ1v) is 7.36. The first-order valence-electron chi connectivity index (χ1n) is 7.36. The van der Waals surface area contributed by atoms with Crippen molar-refractivity contribution in [3.8, 4) is 0 Å². The highest BCUT2D eigenvalue weighted by Gasteiger charge is 2.28. The summed E-state index contributed by atoms with van der Waals surface area (Å²) in [5.41, 5.74) is 2.58. The predicted molar refractivity (Wildman–Crippen MR) is 75.8 cm³/mol. The van der Waals surface area contributed by atoms with Gasteiger partial charge in [-0.25, -0.2) is 0 Å². The highest BCUT2D eigenvalue weighted by Crippen LogP contribution is 2.35. The van der Waals surface area contributed by atoms with E-state index in [1.807, 2.05) is 0 Å². The number of Topliss-reactive ketones (excluding diaryl/α,β-unsaturated/α-hetero) is 1. The standard InChI is InChI=1S/C17H24O/c1-3-5-14-8-11-16(17(18)12-14)15-9-6-13(4-2)7-10-15/h6-7,9-10,14,16H,3-5,8,11-12H2,1-2H3. The molecule has 2 atom stereocenters. The molecule has 98 valence electrons. The summed E-state index contributed by atoms with van der Waals surface area (Å²) < 4.78 is 0. The molecule has 0 amide bonds. The molecule has 1 nitrogen and oxygen atoms in total. The maximum Gasteiger partial charge on any atom is 0.140 e. The van der Waals surface area contributed by atoms with E-state index in [1.54, 1.807) is 0 Å². The fourth-order valence-electron chi connectivity index (χ4n) is 3.09. The summed E-state index contributed by atoms with van der Waals surface area (Å²) in [4.78, 5) is 12.2. The van der Waals surface area contributed by atoms with Gasteiger partial charge in [-0.2, -0.15) is 0 Å². The van der Waals surface area contributed by atoms with Gasteiger partial charge in [-0.15, -0.1) is 0 Å². The van der Waals surface area contributed by atoms with E-state index in [2.05, 4.69) is 38.1 Å². The Kier molecular flexibility index (Phi) is 4.57. The SMILES string of the molecule is CCCC1CCC(c2ccc(CC)cc2)C(=O)C1. The Morgan fingerprint density at radius 1 is 1.11 bits per heavy atom. The number of hydrogen-bond acceptors (Lipinski definition) is 1. The highest BCUT2D eigenvalue weighted by atomic mass is 16.1. The zero-order valence-electron chi connectivity index (χ0n) is 11.6. The number of carbonyl (C=O) groups is 1. The van der Waals surface area contributed by atoms with Crippen molar-refractivity contribution in [3.05, 3.63) is 35.4 Å². The van der Waals surface area contributed by atoms with Gasteiger partial charge in [0, 0.05) is 12.3 Å². The second-order valence-corrected chi connectivity index (χ2v) is 5.55. The summed E-state index contributed by atoms with van der Waals surface area (Å²) in [6.07, 6.45) is 6.56. The third-order valence-corrected chi connectivity index (χ3v) is 4.23. The molecule has 1 fully saturated rings. The first-order chi connectivity index (χ1) is 8.74. The van der Waals surface area contributed by atoms with Crippen molar-refractivity contribution in [1.82, 2.24) is 0 Å². The molecule has 1 aliphatic carbocycles. The lowest BCUT2D eigenvalue weighted by Gasteiger charge is -2.27. The normalized spacial score (nSPS) is 24.2. The number of aryl methyl sites for hydroxylation is 1. The van der Waals surface area contributed by atoms with Crippen LogP contribution in [0.15, 0.2) is 24.3 Å². The maximum absolute atomic E-state index is 12.2. The van der Waals surface area contributed by atoms with E-state index in [0.717, 1.165) is 19.3 Å². The van der Waals surface area contributed by atoms with Crippen molar-refractivity contribution in [2.45, 2.75) is 58.3 Å². The van der Waals surface area contributed by atoms with Crippen LogP contribution in [0.3, 0.4) is 0 Å². The Bertz CT molecular complexity index is 391. The minimum Gasteiger partial charge on any atom is -0.299 e. The van der Waals surface area contributed by atoms with Gasteiger partial charge in [0.15, 0.2) is 0 Å². The van der Waals surface area contributed by atoms with Crippen LogP contribution >= 0.6 is 0 Å². The second kappa shape index (κ2) is 6.17. The molecule has 2 unspecified atom stereocenters. The Labute approximate surface area is 111 Å². The van der Waals surface area contributed by atoms with E-state index in [-0.39, 0.29) is 5.92 Å². The average molecular weight is 244 g/mol. The molecule has 0 aromatic heterocycles. The monoisotopic (exact) mass is 244 g/mol. The third kappa shape index (κ3) is 3.01. The number of carbonyl (C=O) groups excluding carboxylic acids is 1. The molecule has 1 aromatic carbocycles. The lowest BCUT2D eigenvalue weighted by molar-refractivity contribution is -0.123. The van der Waals surface area contributed by atoms with Crippen LogP contribution < -0.4 is 0 Å². The van der Waals surface area contributed by atoms with Crippen LogP contribution in [-0.2, 0) is 11.2 Å².